The number of nitrogen functional groups attached to an aromatic ring is 1. The number of rotatable bonds is 2. The fraction of sp³-hybridized carbons (Fsp3) is 0.0714. The van der Waals surface area contributed by atoms with Crippen LogP contribution in [0.1, 0.15) is 15.9 Å². The van der Waals surface area contributed by atoms with Gasteiger partial charge in [-0.05, 0) is 59.3 Å². The number of nitrogens with one attached hydrogen (secondary N) is 1. The Labute approximate surface area is 130 Å². The molecule has 0 fully saturated rings. The molecule has 19 heavy (non-hydrogen) atoms. The van der Waals surface area contributed by atoms with Crippen LogP contribution >= 0.6 is 34.2 Å². The summed E-state index contributed by atoms with van der Waals surface area (Å²) in [7, 11) is 0. The first-order chi connectivity index (χ1) is 8.99. The lowest BCUT2D eigenvalue weighted by molar-refractivity contribution is 0.102. The van der Waals surface area contributed by atoms with Crippen molar-refractivity contribution in [2.75, 3.05) is 11.1 Å². The molecule has 0 atom stereocenters. The fourth-order valence-corrected chi connectivity index (χ4v) is 2.36. The van der Waals surface area contributed by atoms with Gasteiger partial charge in [0.25, 0.3) is 5.91 Å². The number of carbonyl (C=O) groups is 1. The molecule has 1 amide bonds. The summed E-state index contributed by atoms with van der Waals surface area (Å²) < 4.78 is 0.944. The van der Waals surface area contributed by atoms with E-state index in [0.29, 0.717) is 22.0 Å². The maximum atomic E-state index is 12.2. The van der Waals surface area contributed by atoms with E-state index in [1.165, 1.54) is 0 Å². The van der Waals surface area contributed by atoms with Gasteiger partial charge in [0.05, 0.1) is 16.3 Å². The molecule has 0 saturated carbocycles. The Kier molecular flexibility index (Phi) is 4.31. The van der Waals surface area contributed by atoms with Crippen molar-refractivity contribution in [1.29, 1.82) is 0 Å². The van der Waals surface area contributed by atoms with Crippen molar-refractivity contribution in [1.82, 2.24) is 0 Å². The molecule has 5 heteroatoms. The topological polar surface area (TPSA) is 55.1 Å². The van der Waals surface area contributed by atoms with Crippen LogP contribution in [-0.4, -0.2) is 5.91 Å². The van der Waals surface area contributed by atoms with Gasteiger partial charge in [0.1, 0.15) is 0 Å². The van der Waals surface area contributed by atoms with Crippen LogP contribution in [0.4, 0.5) is 11.4 Å². The Morgan fingerprint density at radius 1 is 1.32 bits per heavy atom. The standard InChI is InChI=1S/C14H12ClIN2O/c1-8-3-2-4-10(13(8)16)14(19)18-9-5-6-11(15)12(17)7-9/h2-7H,17H2,1H3,(H,18,19). The molecule has 2 aromatic rings. The number of amides is 1. The van der Waals surface area contributed by atoms with Gasteiger partial charge in [-0.25, -0.2) is 0 Å². The number of anilines is 2. The van der Waals surface area contributed by atoms with Gasteiger partial charge in [-0.15, -0.1) is 0 Å². The van der Waals surface area contributed by atoms with E-state index in [1.807, 2.05) is 19.1 Å². The summed E-state index contributed by atoms with van der Waals surface area (Å²) in [6.45, 7) is 1.97. The molecular weight excluding hydrogens is 375 g/mol. The Morgan fingerprint density at radius 2 is 2.05 bits per heavy atom. The molecule has 0 radical (unpaired) electrons. The molecule has 0 aliphatic carbocycles. The quantitative estimate of drug-likeness (QED) is 0.603. The first-order valence-electron chi connectivity index (χ1n) is 5.60. The van der Waals surface area contributed by atoms with E-state index >= 15 is 0 Å². The number of hydrogen-bond acceptors (Lipinski definition) is 2. The third kappa shape index (κ3) is 3.19. The highest BCUT2D eigenvalue weighted by atomic mass is 127. The van der Waals surface area contributed by atoms with Crippen molar-refractivity contribution in [2.45, 2.75) is 6.92 Å². The number of nitrogens with two attached hydrogens (primary N) is 1. The molecule has 0 saturated heterocycles. The van der Waals surface area contributed by atoms with Crippen LogP contribution in [0.5, 0.6) is 0 Å². The van der Waals surface area contributed by atoms with Gasteiger partial charge in [0, 0.05) is 9.26 Å². The largest absolute Gasteiger partial charge is 0.397 e. The molecule has 0 heterocycles. The summed E-state index contributed by atoms with van der Waals surface area (Å²) in [5.74, 6) is -0.158. The lowest BCUT2D eigenvalue weighted by Gasteiger charge is -2.09. The predicted molar refractivity (Wildman–Crippen MR) is 87.7 cm³/mol. The van der Waals surface area contributed by atoms with Gasteiger partial charge in [-0.1, -0.05) is 23.7 Å². The highest BCUT2D eigenvalue weighted by Crippen LogP contribution is 2.23. The SMILES string of the molecule is Cc1cccc(C(=O)Nc2ccc(Cl)c(N)c2)c1I. The number of carbonyl (C=O) groups excluding carboxylic acids is 1. The summed E-state index contributed by atoms with van der Waals surface area (Å²) in [6.07, 6.45) is 0. The minimum atomic E-state index is -0.158. The van der Waals surface area contributed by atoms with Crippen LogP contribution in [0.25, 0.3) is 0 Å². The van der Waals surface area contributed by atoms with Gasteiger partial charge in [0.15, 0.2) is 0 Å². The van der Waals surface area contributed by atoms with Gasteiger partial charge in [-0.3, -0.25) is 4.79 Å². The molecule has 0 aliphatic heterocycles. The van der Waals surface area contributed by atoms with Gasteiger partial charge in [0.2, 0.25) is 0 Å². The van der Waals surface area contributed by atoms with Crippen molar-refractivity contribution in [3.63, 3.8) is 0 Å². The highest BCUT2D eigenvalue weighted by molar-refractivity contribution is 14.1. The minimum absolute atomic E-state index is 0.158. The Morgan fingerprint density at radius 3 is 2.74 bits per heavy atom. The molecule has 3 nitrogen and oxygen atoms in total. The van der Waals surface area contributed by atoms with Crippen molar-refractivity contribution >= 4 is 51.5 Å². The van der Waals surface area contributed by atoms with E-state index in [0.717, 1.165) is 9.13 Å². The second-order valence-corrected chi connectivity index (χ2v) is 5.61. The summed E-state index contributed by atoms with van der Waals surface area (Å²) in [5, 5.41) is 3.29. The molecule has 98 valence electrons. The number of halogens is 2. The van der Waals surface area contributed by atoms with Crippen LogP contribution in [-0.2, 0) is 0 Å². The third-order valence-electron chi connectivity index (χ3n) is 2.69. The molecule has 2 rings (SSSR count). The minimum Gasteiger partial charge on any atom is -0.397 e. The smallest absolute Gasteiger partial charge is 0.256 e. The first kappa shape index (κ1) is 14.1. The van der Waals surface area contributed by atoms with Crippen LogP contribution in [0, 0.1) is 10.5 Å². The summed E-state index contributed by atoms with van der Waals surface area (Å²) in [5.41, 5.74) is 8.50. The number of hydrogen-bond donors (Lipinski definition) is 2. The average molecular weight is 387 g/mol. The van der Waals surface area contributed by atoms with E-state index in [2.05, 4.69) is 27.9 Å². The van der Waals surface area contributed by atoms with Crippen LogP contribution in [0.2, 0.25) is 5.02 Å². The Bertz CT molecular complexity index is 643. The molecule has 0 unspecified atom stereocenters. The number of aryl methyl sites for hydroxylation is 1. The van der Waals surface area contributed by atoms with Crippen LogP contribution in [0.15, 0.2) is 36.4 Å². The zero-order valence-corrected chi connectivity index (χ0v) is 13.1. The van der Waals surface area contributed by atoms with Gasteiger partial charge in [-0.2, -0.15) is 0 Å². The number of benzene rings is 2. The lowest BCUT2D eigenvalue weighted by atomic mass is 10.1. The van der Waals surface area contributed by atoms with Crippen molar-refractivity contribution in [3.05, 3.63) is 56.1 Å². The van der Waals surface area contributed by atoms with Crippen molar-refractivity contribution in [3.8, 4) is 0 Å². The van der Waals surface area contributed by atoms with Gasteiger partial charge >= 0.3 is 0 Å². The van der Waals surface area contributed by atoms with E-state index in [1.54, 1.807) is 24.3 Å². The summed E-state index contributed by atoms with van der Waals surface area (Å²) >= 11 is 8.01. The van der Waals surface area contributed by atoms with Gasteiger partial charge < -0.3 is 11.1 Å². The molecule has 2 aromatic carbocycles. The molecule has 0 aromatic heterocycles. The van der Waals surface area contributed by atoms with Crippen LogP contribution in [0.3, 0.4) is 0 Å². The van der Waals surface area contributed by atoms with E-state index in [-0.39, 0.29) is 5.91 Å². The normalized spacial score (nSPS) is 10.3. The molecule has 3 N–H and O–H groups in total. The third-order valence-corrected chi connectivity index (χ3v) is 4.47. The predicted octanol–water partition coefficient (Wildman–Crippen LogP) is 4.09. The average Bonchev–Trinajstić information content (AvgIpc) is 2.37. The lowest BCUT2D eigenvalue weighted by Crippen LogP contribution is -2.14. The maximum Gasteiger partial charge on any atom is 0.256 e. The fourth-order valence-electron chi connectivity index (χ4n) is 1.64. The second-order valence-electron chi connectivity index (χ2n) is 4.13. The Balaban J connectivity index is 2.26. The first-order valence-corrected chi connectivity index (χ1v) is 7.06. The van der Waals surface area contributed by atoms with E-state index in [4.69, 9.17) is 17.3 Å². The molecule has 0 bridgehead atoms. The molecule has 0 spiro atoms. The molecular formula is C14H12ClIN2O. The monoisotopic (exact) mass is 386 g/mol. The zero-order valence-electron chi connectivity index (χ0n) is 10.2. The highest BCUT2D eigenvalue weighted by Gasteiger charge is 2.11. The zero-order chi connectivity index (χ0) is 14.0. The van der Waals surface area contributed by atoms with Crippen molar-refractivity contribution in [2.24, 2.45) is 0 Å². The van der Waals surface area contributed by atoms with E-state index in [9.17, 15) is 4.79 Å². The second kappa shape index (κ2) is 5.79. The maximum absolute atomic E-state index is 12.2. The summed E-state index contributed by atoms with van der Waals surface area (Å²) in [6, 6.07) is 10.7. The Hall–Kier alpha value is -1.27. The van der Waals surface area contributed by atoms with Crippen molar-refractivity contribution < 1.29 is 4.79 Å². The molecule has 0 aliphatic rings. The summed E-state index contributed by atoms with van der Waals surface area (Å²) in [4.78, 5) is 12.2. The van der Waals surface area contributed by atoms with E-state index < -0.39 is 0 Å². The van der Waals surface area contributed by atoms with Crippen LogP contribution < -0.4 is 11.1 Å².